The molecule has 1 aromatic carbocycles. The van der Waals surface area contributed by atoms with E-state index in [1.54, 1.807) is 24.3 Å². The van der Waals surface area contributed by atoms with E-state index in [2.05, 4.69) is 0 Å². The van der Waals surface area contributed by atoms with Crippen molar-refractivity contribution in [3.63, 3.8) is 0 Å². The van der Waals surface area contributed by atoms with Gasteiger partial charge in [0.2, 0.25) is 0 Å². The van der Waals surface area contributed by atoms with Gasteiger partial charge in [0.15, 0.2) is 0 Å². The minimum absolute atomic E-state index is 0. The van der Waals surface area contributed by atoms with E-state index in [1.165, 1.54) is 0 Å². The van der Waals surface area contributed by atoms with Crippen LogP contribution >= 0.6 is 0 Å². The van der Waals surface area contributed by atoms with Crippen molar-refractivity contribution in [1.82, 2.24) is 0 Å². The third-order valence-corrected chi connectivity index (χ3v) is 13.6. The molecule has 1 aromatic rings. The van der Waals surface area contributed by atoms with Crippen LogP contribution in [0.2, 0.25) is 0 Å². The molecule has 0 spiro atoms. The molecule has 4 saturated carbocycles. The van der Waals surface area contributed by atoms with E-state index in [9.17, 15) is 26.4 Å². The van der Waals surface area contributed by atoms with E-state index in [1.807, 2.05) is 27.7 Å². The number of Topliss-reactive ketones (excluding diaryl/α,β-unsaturated/α-hetero) is 2. The van der Waals surface area contributed by atoms with Crippen molar-refractivity contribution >= 4 is 90.9 Å². The number of ketones is 2. The Morgan fingerprint density at radius 2 is 1.00 bits per heavy atom. The summed E-state index contributed by atoms with van der Waals surface area (Å²) < 4.78 is 62.0. The number of hydrogen-bond donors (Lipinski definition) is 0. The maximum Gasteiger partial charge on any atom is 0.268 e. The maximum atomic E-state index is 12.8. The minimum Gasteiger partial charge on any atom is -0.299 e. The molecule has 0 N–H and O–H groups in total. The summed E-state index contributed by atoms with van der Waals surface area (Å²) in [5.74, 6) is -0.0920. The molecular weight excluding hydrogens is 574 g/mol. The molecule has 12 heteroatoms. The first kappa shape index (κ1) is 34.9. The first-order valence-electron chi connectivity index (χ1n) is 13.4. The maximum absolute atomic E-state index is 12.8. The Labute approximate surface area is 282 Å². The Hall–Kier alpha value is 0.380. The first-order chi connectivity index (χ1) is 17.5. The first-order valence-corrected chi connectivity index (χ1v) is 16.6. The molecule has 212 valence electrons. The van der Waals surface area contributed by atoms with Crippen molar-refractivity contribution in [2.24, 2.45) is 33.5 Å². The summed E-state index contributed by atoms with van der Waals surface area (Å²) in [7, 11) is -7.87. The molecule has 5 rings (SSSR count). The number of fused-ring (bicyclic) bond motifs is 4. The third-order valence-electron chi connectivity index (χ3n) is 11.0. The normalized spacial score (nSPS) is 31.7. The smallest absolute Gasteiger partial charge is 0.268 e. The van der Waals surface area contributed by atoms with Gasteiger partial charge in [-0.1, -0.05) is 52.0 Å². The number of carbonyl (C=O) groups is 2. The van der Waals surface area contributed by atoms with Gasteiger partial charge in [-0.25, -0.2) is 0 Å². The van der Waals surface area contributed by atoms with Gasteiger partial charge in [-0.2, -0.15) is 16.8 Å². The van der Waals surface area contributed by atoms with Gasteiger partial charge < -0.3 is 0 Å². The molecule has 0 heterocycles. The minimum atomic E-state index is -3.93. The second kappa shape index (κ2) is 11.7. The van der Waals surface area contributed by atoms with Gasteiger partial charge >= 0.3 is 0 Å². The van der Waals surface area contributed by atoms with Crippen LogP contribution in [0.25, 0.3) is 0 Å². The van der Waals surface area contributed by atoms with Gasteiger partial charge in [0.05, 0.1) is 35.5 Å². The van der Waals surface area contributed by atoms with E-state index in [4.69, 9.17) is 8.37 Å². The number of carbonyl (C=O) groups excluding carboxylic acids is 2. The number of rotatable bonds is 10. The topological polar surface area (TPSA) is 121 Å². The molecule has 4 aliphatic carbocycles. The summed E-state index contributed by atoms with van der Waals surface area (Å²) in [6.07, 6.45) is 3.77. The second-order valence-electron chi connectivity index (χ2n) is 13.1. The largest absolute Gasteiger partial charge is 0.299 e. The molecule has 0 amide bonds. The molecule has 2 radical (unpaired) electrons. The van der Waals surface area contributed by atoms with Gasteiger partial charge in [0.1, 0.15) is 11.6 Å². The van der Waals surface area contributed by atoms with Gasteiger partial charge in [-0.3, -0.25) is 18.0 Å². The molecule has 8 nitrogen and oxygen atoms in total. The van der Waals surface area contributed by atoms with Crippen LogP contribution in [0.1, 0.15) is 77.3 Å². The summed E-state index contributed by atoms with van der Waals surface area (Å²) in [6, 6.07) is 6.66. The van der Waals surface area contributed by atoms with Crippen LogP contribution in [-0.2, 0) is 51.4 Å². The molecular formula is C28H38Na2O8S2. The zero-order valence-electron chi connectivity index (χ0n) is 24.6. The quantitative estimate of drug-likeness (QED) is 0.291. The summed E-state index contributed by atoms with van der Waals surface area (Å²) >= 11 is 0. The van der Waals surface area contributed by atoms with E-state index in [0.717, 1.165) is 12.8 Å². The van der Waals surface area contributed by atoms with Crippen LogP contribution < -0.4 is 0 Å². The van der Waals surface area contributed by atoms with Crippen molar-refractivity contribution in [3.8, 4) is 0 Å². The van der Waals surface area contributed by atoms with Crippen LogP contribution in [0, 0.1) is 33.5 Å². The van der Waals surface area contributed by atoms with E-state index >= 15 is 0 Å². The fraction of sp³-hybridized carbons (Fsp3) is 0.714. The van der Waals surface area contributed by atoms with E-state index in [-0.39, 0.29) is 118 Å². The van der Waals surface area contributed by atoms with E-state index in [0.29, 0.717) is 36.8 Å². The van der Waals surface area contributed by atoms with Gasteiger partial charge in [0.25, 0.3) is 20.2 Å². The SMILES string of the molecule is CC1(C)C2CCC1(CS(=O)(=O)OCc1ccc(COS(=O)(=O)CC34CCC(CC3=O)C4(C)C)cc1)C(=O)C2.[Na].[Na]. The van der Waals surface area contributed by atoms with E-state index < -0.39 is 31.1 Å². The standard InChI is InChI=1S/C28H38O8S2.2Na/c1-25(2)21-9-11-27(25,23(29)13-21)17-37(31,32)35-15-19-5-7-20(8-6-19)16-36-38(33,34)18-28-12-10-22(14-24(28)30)26(28,3)4;;/h5-8,21-22H,9-18H2,1-4H3;;. The predicted octanol–water partition coefficient (Wildman–Crippen LogP) is 3.41. The Bertz CT molecular complexity index is 1270. The Balaban J connectivity index is 0.00000220. The number of benzene rings is 1. The molecule has 0 aliphatic heterocycles. The second-order valence-corrected chi connectivity index (χ2v) is 16.4. The Kier molecular flexibility index (Phi) is 10.2. The average Bonchev–Trinajstić information content (AvgIpc) is 3.35. The zero-order chi connectivity index (χ0) is 27.8. The van der Waals surface area contributed by atoms with Gasteiger partial charge in [-0.05, 0) is 59.5 Å². The summed E-state index contributed by atoms with van der Waals surface area (Å²) in [4.78, 5) is 25.4. The monoisotopic (exact) mass is 612 g/mol. The molecule has 4 fully saturated rings. The molecule has 0 aromatic heterocycles. The van der Waals surface area contributed by atoms with Crippen molar-refractivity contribution < 1.29 is 34.8 Å². The molecule has 4 bridgehead atoms. The predicted molar refractivity (Wildman–Crippen MR) is 152 cm³/mol. The molecule has 40 heavy (non-hydrogen) atoms. The summed E-state index contributed by atoms with van der Waals surface area (Å²) in [5.41, 5.74) is -1.26. The fourth-order valence-electron chi connectivity index (χ4n) is 7.95. The van der Waals surface area contributed by atoms with Crippen molar-refractivity contribution in [2.75, 3.05) is 11.5 Å². The number of hydrogen-bond acceptors (Lipinski definition) is 8. The molecule has 4 aliphatic rings. The zero-order valence-corrected chi connectivity index (χ0v) is 30.3. The van der Waals surface area contributed by atoms with Crippen LogP contribution in [0.5, 0.6) is 0 Å². The Morgan fingerprint density at radius 3 is 1.25 bits per heavy atom. The summed E-state index contributed by atoms with van der Waals surface area (Å²) in [5, 5.41) is 0. The van der Waals surface area contributed by atoms with Crippen molar-refractivity contribution in [3.05, 3.63) is 35.4 Å². The average molecular weight is 613 g/mol. The van der Waals surface area contributed by atoms with Crippen LogP contribution in [-0.4, -0.2) is 99.0 Å². The van der Waals surface area contributed by atoms with Crippen molar-refractivity contribution in [2.45, 2.75) is 79.4 Å². The van der Waals surface area contributed by atoms with Crippen molar-refractivity contribution in [1.29, 1.82) is 0 Å². The van der Waals surface area contributed by atoms with Gasteiger partial charge in [0, 0.05) is 72.0 Å². The third kappa shape index (κ3) is 5.77. The van der Waals surface area contributed by atoms with Crippen LogP contribution in [0.4, 0.5) is 0 Å². The van der Waals surface area contributed by atoms with Gasteiger partial charge in [-0.15, -0.1) is 0 Å². The summed E-state index contributed by atoms with van der Waals surface area (Å²) in [6.45, 7) is 7.62. The molecule has 0 saturated heterocycles. The molecule has 4 unspecified atom stereocenters. The van der Waals surface area contributed by atoms with Crippen LogP contribution in [0.15, 0.2) is 24.3 Å². The fourth-order valence-corrected chi connectivity index (χ4v) is 11.3. The van der Waals surface area contributed by atoms with Crippen LogP contribution in [0.3, 0.4) is 0 Å². The Morgan fingerprint density at radius 1 is 0.675 bits per heavy atom. The molecule has 4 atom stereocenters.